The van der Waals surface area contributed by atoms with Crippen molar-refractivity contribution in [1.29, 1.82) is 0 Å². The third-order valence-corrected chi connectivity index (χ3v) is 3.79. The molecule has 0 radical (unpaired) electrons. The van der Waals surface area contributed by atoms with Crippen LogP contribution in [0.1, 0.15) is 0 Å². The van der Waals surface area contributed by atoms with E-state index >= 15 is 0 Å². The number of H-pyrrole nitrogens is 1. The highest BCUT2D eigenvalue weighted by Crippen LogP contribution is 2.31. The molecule has 0 aliphatic rings. The normalized spacial score (nSPS) is 10.9. The molecule has 0 saturated heterocycles. The molecule has 3 heterocycles. The van der Waals surface area contributed by atoms with Crippen LogP contribution < -0.4 is 10.7 Å². The van der Waals surface area contributed by atoms with Crippen molar-refractivity contribution < 1.29 is 9.37 Å². The lowest BCUT2D eigenvalue weighted by Gasteiger charge is -2.09. The van der Waals surface area contributed by atoms with E-state index in [2.05, 4.69) is 19.9 Å². The number of nitrogens with one attached hydrogen (secondary N) is 1. The van der Waals surface area contributed by atoms with E-state index in [9.17, 15) is 4.39 Å². The monoisotopic (exact) mass is 318 g/mol. The predicted molar refractivity (Wildman–Crippen MR) is 89.1 cm³/mol. The highest BCUT2D eigenvalue weighted by Gasteiger charge is 2.13. The van der Waals surface area contributed by atoms with Gasteiger partial charge in [0.15, 0.2) is 5.52 Å². The summed E-state index contributed by atoms with van der Waals surface area (Å²) in [5, 5.41) is 0.817. The van der Waals surface area contributed by atoms with Crippen molar-refractivity contribution in [3.63, 3.8) is 0 Å². The van der Waals surface area contributed by atoms with Gasteiger partial charge in [0.25, 0.3) is 0 Å². The summed E-state index contributed by atoms with van der Waals surface area (Å²) >= 11 is 0. The SMILES string of the molecule is Nc1[nH+]cnc2ccc(-c3cccnc3-c3cccc(F)n3)cc12. The first-order chi connectivity index (χ1) is 11.7. The van der Waals surface area contributed by atoms with Gasteiger partial charge in [0.1, 0.15) is 0 Å². The van der Waals surface area contributed by atoms with Crippen LogP contribution in [-0.2, 0) is 0 Å². The van der Waals surface area contributed by atoms with E-state index in [1.807, 2.05) is 30.3 Å². The summed E-state index contributed by atoms with van der Waals surface area (Å²) in [7, 11) is 0. The number of halogens is 1. The average molecular weight is 318 g/mol. The summed E-state index contributed by atoms with van der Waals surface area (Å²) < 4.78 is 13.5. The van der Waals surface area contributed by atoms with Crippen LogP contribution in [0.3, 0.4) is 0 Å². The number of nitrogens with two attached hydrogens (primary N) is 1. The van der Waals surface area contributed by atoms with E-state index in [0.717, 1.165) is 22.0 Å². The number of benzene rings is 1. The van der Waals surface area contributed by atoms with Crippen LogP contribution in [0.25, 0.3) is 33.4 Å². The van der Waals surface area contributed by atoms with Gasteiger partial charge in [0.2, 0.25) is 18.1 Å². The molecule has 0 saturated carbocycles. The Kier molecular flexibility index (Phi) is 3.35. The van der Waals surface area contributed by atoms with E-state index in [0.29, 0.717) is 17.2 Å². The van der Waals surface area contributed by atoms with Crippen LogP contribution >= 0.6 is 0 Å². The molecule has 4 rings (SSSR count). The number of pyridine rings is 2. The van der Waals surface area contributed by atoms with Gasteiger partial charge in [-0.1, -0.05) is 18.2 Å². The summed E-state index contributed by atoms with van der Waals surface area (Å²) in [6.45, 7) is 0. The number of aromatic amines is 1. The Morgan fingerprint density at radius 1 is 1.00 bits per heavy atom. The van der Waals surface area contributed by atoms with Crippen LogP contribution in [0.2, 0.25) is 0 Å². The van der Waals surface area contributed by atoms with Crippen LogP contribution in [0, 0.1) is 5.95 Å². The molecule has 116 valence electrons. The number of nitrogen functional groups attached to an aromatic ring is 1. The van der Waals surface area contributed by atoms with Crippen molar-refractivity contribution in [2.45, 2.75) is 0 Å². The largest absolute Gasteiger partial charge is 0.318 e. The van der Waals surface area contributed by atoms with Crippen LogP contribution in [-0.4, -0.2) is 15.0 Å². The number of aromatic nitrogens is 4. The number of rotatable bonds is 2. The Balaban J connectivity index is 1.93. The second kappa shape index (κ2) is 5.66. The summed E-state index contributed by atoms with van der Waals surface area (Å²) in [4.78, 5) is 15.5. The predicted octanol–water partition coefficient (Wildman–Crippen LogP) is 2.89. The number of fused-ring (bicyclic) bond motifs is 1. The lowest BCUT2D eigenvalue weighted by Crippen LogP contribution is -2.10. The Morgan fingerprint density at radius 3 is 2.79 bits per heavy atom. The van der Waals surface area contributed by atoms with Gasteiger partial charge in [0, 0.05) is 11.8 Å². The highest BCUT2D eigenvalue weighted by molar-refractivity contribution is 5.92. The van der Waals surface area contributed by atoms with E-state index in [4.69, 9.17) is 5.73 Å². The smallest absolute Gasteiger partial charge is 0.227 e. The van der Waals surface area contributed by atoms with Crippen molar-refractivity contribution in [2.75, 3.05) is 5.73 Å². The van der Waals surface area contributed by atoms with Crippen LogP contribution in [0.15, 0.2) is 61.1 Å². The molecule has 0 spiro atoms. The summed E-state index contributed by atoms with van der Waals surface area (Å²) in [5.74, 6) is 0.00169. The molecule has 0 aliphatic carbocycles. The Labute approximate surface area is 137 Å². The molecule has 0 atom stereocenters. The maximum Gasteiger partial charge on any atom is 0.227 e. The summed E-state index contributed by atoms with van der Waals surface area (Å²) in [6, 6.07) is 14.2. The van der Waals surface area contributed by atoms with Crippen LogP contribution in [0.4, 0.5) is 10.2 Å². The molecule has 0 amide bonds. The molecule has 5 nitrogen and oxygen atoms in total. The first-order valence-corrected chi connectivity index (χ1v) is 7.36. The quantitative estimate of drug-likeness (QED) is 0.576. The first-order valence-electron chi connectivity index (χ1n) is 7.36. The van der Waals surface area contributed by atoms with Gasteiger partial charge >= 0.3 is 0 Å². The number of hydrogen-bond donors (Lipinski definition) is 1. The topological polar surface area (TPSA) is 78.8 Å². The van der Waals surface area contributed by atoms with Gasteiger partial charge < -0.3 is 5.73 Å². The zero-order valence-corrected chi connectivity index (χ0v) is 12.6. The van der Waals surface area contributed by atoms with Crippen LogP contribution in [0.5, 0.6) is 0 Å². The summed E-state index contributed by atoms with van der Waals surface area (Å²) in [5.41, 5.74) is 9.65. The molecule has 1 aromatic carbocycles. The fraction of sp³-hybridized carbons (Fsp3) is 0. The first kappa shape index (κ1) is 14.2. The fourth-order valence-corrected chi connectivity index (χ4v) is 2.66. The van der Waals surface area contributed by atoms with Gasteiger partial charge in [-0.3, -0.25) is 4.98 Å². The third-order valence-electron chi connectivity index (χ3n) is 3.79. The Hall–Kier alpha value is -3.41. The zero-order chi connectivity index (χ0) is 16.5. The second-order valence-electron chi connectivity index (χ2n) is 5.29. The van der Waals surface area contributed by atoms with Gasteiger partial charge in [-0.25, -0.2) is 9.97 Å². The van der Waals surface area contributed by atoms with Crippen molar-refractivity contribution in [3.05, 3.63) is 67.0 Å². The maximum atomic E-state index is 13.5. The Morgan fingerprint density at radius 2 is 1.92 bits per heavy atom. The van der Waals surface area contributed by atoms with E-state index in [-0.39, 0.29) is 0 Å². The minimum Gasteiger partial charge on any atom is -0.318 e. The molecule has 3 N–H and O–H groups in total. The van der Waals surface area contributed by atoms with Gasteiger partial charge in [0.05, 0.1) is 16.8 Å². The van der Waals surface area contributed by atoms with E-state index < -0.39 is 5.95 Å². The maximum absolute atomic E-state index is 13.5. The molecule has 4 aromatic rings. The minimum absolute atomic E-state index is 0.483. The molecule has 6 heteroatoms. The second-order valence-corrected chi connectivity index (χ2v) is 5.29. The van der Waals surface area contributed by atoms with Crippen molar-refractivity contribution in [3.8, 4) is 22.5 Å². The molecule has 24 heavy (non-hydrogen) atoms. The third kappa shape index (κ3) is 2.44. The number of nitrogens with zero attached hydrogens (tertiary/aromatic N) is 3. The van der Waals surface area contributed by atoms with Gasteiger partial charge in [-0.2, -0.15) is 4.39 Å². The molecule has 3 aromatic heterocycles. The Bertz CT molecular complexity index is 1050. The molecular weight excluding hydrogens is 305 g/mol. The standard InChI is InChI=1S/C18H12FN5/c19-16-5-1-4-15(24-16)17-12(3-2-8-21-17)11-6-7-14-13(9-11)18(20)23-10-22-14/h1-10H,(H2,20,22,23)/p+1. The average Bonchev–Trinajstić information content (AvgIpc) is 2.62. The van der Waals surface area contributed by atoms with E-state index in [1.165, 1.54) is 6.07 Å². The molecule has 0 bridgehead atoms. The van der Waals surface area contributed by atoms with Gasteiger partial charge in [-0.05, 0) is 35.9 Å². The minimum atomic E-state index is -0.536. The lowest BCUT2D eigenvalue weighted by molar-refractivity contribution is -0.363. The van der Waals surface area contributed by atoms with Crippen molar-refractivity contribution in [1.82, 2.24) is 15.0 Å². The zero-order valence-electron chi connectivity index (χ0n) is 12.6. The molecule has 0 fully saturated rings. The molecular formula is C18H13FN5+. The van der Waals surface area contributed by atoms with Gasteiger partial charge in [-0.15, -0.1) is 4.98 Å². The van der Waals surface area contributed by atoms with Crippen molar-refractivity contribution in [2.24, 2.45) is 0 Å². The van der Waals surface area contributed by atoms with E-state index in [1.54, 1.807) is 24.7 Å². The molecule has 0 unspecified atom stereocenters. The lowest BCUT2D eigenvalue weighted by atomic mass is 10.0. The fourth-order valence-electron chi connectivity index (χ4n) is 2.66. The highest BCUT2D eigenvalue weighted by atomic mass is 19.1. The number of hydrogen-bond acceptors (Lipinski definition) is 4. The summed E-state index contributed by atoms with van der Waals surface area (Å²) in [6.07, 6.45) is 3.22. The molecule has 0 aliphatic heterocycles. The van der Waals surface area contributed by atoms with Crippen molar-refractivity contribution >= 4 is 16.7 Å². The number of anilines is 1.